The summed E-state index contributed by atoms with van der Waals surface area (Å²) >= 11 is 3.40. The zero-order chi connectivity index (χ0) is 19.1. The first-order chi connectivity index (χ1) is 12.3. The molecule has 0 spiro atoms. The first kappa shape index (κ1) is 20.0. The van der Waals surface area contributed by atoms with Crippen LogP contribution in [0.25, 0.3) is 0 Å². The average Bonchev–Trinajstić information content (AvgIpc) is 2.60. The van der Waals surface area contributed by atoms with Gasteiger partial charge in [-0.1, -0.05) is 40.2 Å². The SMILES string of the molecule is CC(C)NC(=O)NCc1ccc(C(=O)NC(C)c2ccc(Br)cc2)cc1. The lowest BCUT2D eigenvalue weighted by molar-refractivity contribution is 0.0940. The van der Waals surface area contributed by atoms with Crippen LogP contribution in [0.15, 0.2) is 53.0 Å². The molecular weight excluding hydrogens is 394 g/mol. The van der Waals surface area contributed by atoms with Crippen molar-refractivity contribution in [1.82, 2.24) is 16.0 Å². The van der Waals surface area contributed by atoms with E-state index in [0.29, 0.717) is 12.1 Å². The molecule has 0 aromatic heterocycles. The second kappa shape index (κ2) is 9.38. The maximum atomic E-state index is 12.4. The van der Waals surface area contributed by atoms with E-state index in [1.807, 2.05) is 57.2 Å². The molecular formula is C20H24BrN3O2. The van der Waals surface area contributed by atoms with Gasteiger partial charge in [0.2, 0.25) is 0 Å². The van der Waals surface area contributed by atoms with Crippen LogP contribution in [0.1, 0.15) is 48.3 Å². The second-order valence-corrected chi connectivity index (χ2v) is 7.34. The number of carbonyl (C=O) groups is 2. The summed E-state index contributed by atoms with van der Waals surface area (Å²) in [7, 11) is 0. The highest BCUT2D eigenvalue weighted by Crippen LogP contribution is 2.17. The summed E-state index contributed by atoms with van der Waals surface area (Å²) < 4.78 is 1.01. The highest BCUT2D eigenvalue weighted by atomic mass is 79.9. The fraction of sp³-hybridized carbons (Fsp3) is 0.300. The van der Waals surface area contributed by atoms with E-state index < -0.39 is 0 Å². The molecule has 138 valence electrons. The second-order valence-electron chi connectivity index (χ2n) is 6.43. The standard InChI is InChI=1S/C20H24BrN3O2/c1-13(2)23-20(26)22-12-15-4-6-17(7-5-15)19(25)24-14(3)16-8-10-18(21)11-9-16/h4-11,13-14H,12H2,1-3H3,(H,24,25)(H2,22,23,26). The van der Waals surface area contributed by atoms with Gasteiger partial charge >= 0.3 is 6.03 Å². The molecule has 0 saturated carbocycles. The molecule has 0 aliphatic heterocycles. The summed E-state index contributed by atoms with van der Waals surface area (Å²) in [6.07, 6.45) is 0. The van der Waals surface area contributed by atoms with Crippen LogP contribution < -0.4 is 16.0 Å². The Hall–Kier alpha value is -2.34. The van der Waals surface area contributed by atoms with E-state index in [0.717, 1.165) is 15.6 Å². The normalized spacial score (nSPS) is 11.7. The summed E-state index contributed by atoms with van der Waals surface area (Å²) in [5.41, 5.74) is 2.56. The fourth-order valence-electron chi connectivity index (χ4n) is 2.38. The van der Waals surface area contributed by atoms with Crippen molar-refractivity contribution >= 4 is 27.9 Å². The molecule has 1 atom stereocenters. The van der Waals surface area contributed by atoms with Crippen molar-refractivity contribution in [2.24, 2.45) is 0 Å². The highest BCUT2D eigenvalue weighted by Gasteiger charge is 2.11. The lowest BCUT2D eigenvalue weighted by Gasteiger charge is -2.15. The van der Waals surface area contributed by atoms with Gasteiger partial charge in [0.05, 0.1) is 6.04 Å². The van der Waals surface area contributed by atoms with E-state index in [4.69, 9.17) is 0 Å². The van der Waals surface area contributed by atoms with Crippen LogP contribution in [-0.4, -0.2) is 18.0 Å². The number of urea groups is 1. The number of rotatable bonds is 6. The minimum Gasteiger partial charge on any atom is -0.346 e. The quantitative estimate of drug-likeness (QED) is 0.660. The molecule has 5 nitrogen and oxygen atoms in total. The monoisotopic (exact) mass is 417 g/mol. The van der Waals surface area contributed by atoms with E-state index in [-0.39, 0.29) is 24.0 Å². The van der Waals surface area contributed by atoms with Crippen LogP contribution in [0, 0.1) is 0 Å². The van der Waals surface area contributed by atoms with Crippen LogP contribution in [0.4, 0.5) is 4.79 Å². The number of hydrogen-bond acceptors (Lipinski definition) is 2. The number of halogens is 1. The van der Waals surface area contributed by atoms with Gasteiger partial charge in [-0.05, 0) is 56.2 Å². The van der Waals surface area contributed by atoms with Crippen LogP contribution in [-0.2, 0) is 6.54 Å². The third-order valence-electron chi connectivity index (χ3n) is 3.81. The van der Waals surface area contributed by atoms with Crippen molar-refractivity contribution in [3.05, 3.63) is 69.7 Å². The predicted octanol–water partition coefficient (Wildman–Crippen LogP) is 4.15. The number of benzene rings is 2. The topological polar surface area (TPSA) is 70.2 Å². The third-order valence-corrected chi connectivity index (χ3v) is 4.34. The van der Waals surface area contributed by atoms with Gasteiger partial charge in [0.15, 0.2) is 0 Å². The molecule has 3 N–H and O–H groups in total. The largest absolute Gasteiger partial charge is 0.346 e. The van der Waals surface area contributed by atoms with E-state index >= 15 is 0 Å². The smallest absolute Gasteiger partial charge is 0.315 e. The zero-order valence-corrected chi connectivity index (χ0v) is 16.8. The molecule has 0 heterocycles. The van der Waals surface area contributed by atoms with Crippen molar-refractivity contribution in [3.8, 4) is 0 Å². The number of nitrogens with one attached hydrogen (secondary N) is 3. The van der Waals surface area contributed by atoms with Gasteiger partial charge in [0.25, 0.3) is 5.91 Å². The molecule has 0 aliphatic rings. The van der Waals surface area contributed by atoms with Crippen LogP contribution >= 0.6 is 15.9 Å². The van der Waals surface area contributed by atoms with E-state index in [1.165, 1.54) is 0 Å². The molecule has 2 aromatic carbocycles. The molecule has 6 heteroatoms. The number of amides is 3. The minimum atomic E-state index is -0.204. The Balaban J connectivity index is 1.89. The van der Waals surface area contributed by atoms with Crippen molar-refractivity contribution in [1.29, 1.82) is 0 Å². The molecule has 2 rings (SSSR count). The van der Waals surface area contributed by atoms with Gasteiger partial charge in [0.1, 0.15) is 0 Å². The molecule has 1 unspecified atom stereocenters. The molecule has 2 aromatic rings. The summed E-state index contributed by atoms with van der Waals surface area (Å²) in [5.74, 6) is -0.127. The number of hydrogen-bond donors (Lipinski definition) is 3. The van der Waals surface area contributed by atoms with Crippen molar-refractivity contribution in [2.45, 2.75) is 39.4 Å². The van der Waals surface area contributed by atoms with Crippen LogP contribution in [0.3, 0.4) is 0 Å². The summed E-state index contributed by atoms with van der Waals surface area (Å²) in [6.45, 7) is 6.17. The molecule has 0 aliphatic carbocycles. The van der Waals surface area contributed by atoms with Gasteiger partial charge in [-0.2, -0.15) is 0 Å². The molecule has 0 fully saturated rings. The van der Waals surface area contributed by atoms with E-state index in [1.54, 1.807) is 12.1 Å². The Kier molecular flexibility index (Phi) is 7.21. The first-order valence-corrected chi connectivity index (χ1v) is 9.34. The van der Waals surface area contributed by atoms with Gasteiger partial charge in [-0.3, -0.25) is 4.79 Å². The predicted molar refractivity (Wildman–Crippen MR) is 107 cm³/mol. The van der Waals surface area contributed by atoms with Crippen molar-refractivity contribution < 1.29 is 9.59 Å². The summed E-state index contributed by atoms with van der Waals surface area (Å²) in [4.78, 5) is 24.0. The maximum absolute atomic E-state index is 12.4. The lowest BCUT2D eigenvalue weighted by Crippen LogP contribution is -2.39. The summed E-state index contributed by atoms with van der Waals surface area (Å²) in [6, 6.07) is 14.9. The maximum Gasteiger partial charge on any atom is 0.315 e. The van der Waals surface area contributed by atoms with Gasteiger partial charge in [-0.25, -0.2) is 4.79 Å². The fourth-order valence-corrected chi connectivity index (χ4v) is 2.65. The van der Waals surface area contributed by atoms with Crippen molar-refractivity contribution in [3.63, 3.8) is 0 Å². The molecule has 0 bridgehead atoms. The molecule has 0 radical (unpaired) electrons. The van der Waals surface area contributed by atoms with E-state index in [9.17, 15) is 9.59 Å². The third kappa shape index (κ3) is 6.19. The molecule has 26 heavy (non-hydrogen) atoms. The van der Waals surface area contributed by atoms with Crippen LogP contribution in [0.5, 0.6) is 0 Å². The van der Waals surface area contributed by atoms with E-state index in [2.05, 4.69) is 31.9 Å². The first-order valence-electron chi connectivity index (χ1n) is 8.55. The Bertz CT molecular complexity index is 743. The average molecular weight is 418 g/mol. The minimum absolute atomic E-state index is 0.0864. The van der Waals surface area contributed by atoms with Crippen LogP contribution in [0.2, 0.25) is 0 Å². The molecule has 3 amide bonds. The number of carbonyl (C=O) groups excluding carboxylic acids is 2. The van der Waals surface area contributed by atoms with Crippen molar-refractivity contribution in [2.75, 3.05) is 0 Å². The van der Waals surface area contributed by atoms with Gasteiger partial charge in [0, 0.05) is 22.6 Å². The Labute approximate surface area is 162 Å². The Morgan fingerprint density at radius 3 is 2.12 bits per heavy atom. The zero-order valence-electron chi connectivity index (χ0n) is 15.2. The molecule has 0 saturated heterocycles. The Morgan fingerprint density at radius 1 is 0.923 bits per heavy atom. The highest BCUT2D eigenvalue weighted by molar-refractivity contribution is 9.10. The Morgan fingerprint density at radius 2 is 1.54 bits per heavy atom. The summed E-state index contributed by atoms with van der Waals surface area (Å²) in [5, 5.41) is 8.54. The van der Waals surface area contributed by atoms with Gasteiger partial charge in [-0.15, -0.1) is 0 Å². The lowest BCUT2D eigenvalue weighted by atomic mass is 10.1. The van der Waals surface area contributed by atoms with Gasteiger partial charge < -0.3 is 16.0 Å².